The summed E-state index contributed by atoms with van der Waals surface area (Å²) in [7, 11) is 0. The molecule has 1 aliphatic heterocycles. The van der Waals surface area contributed by atoms with E-state index in [9.17, 15) is 4.79 Å². The minimum atomic E-state index is -0.329. The van der Waals surface area contributed by atoms with Gasteiger partial charge in [0.15, 0.2) is 0 Å². The predicted molar refractivity (Wildman–Crippen MR) is 80.5 cm³/mol. The number of ether oxygens (including phenoxy) is 1. The van der Waals surface area contributed by atoms with Crippen LogP contribution in [0.2, 0.25) is 0 Å². The zero-order chi connectivity index (χ0) is 14.2. The molecule has 1 aliphatic rings. The Morgan fingerprint density at radius 2 is 1.90 bits per heavy atom. The van der Waals surface area contributed by atoms with Gasteiger partial charge in [-0.25, -0.2) is 4.79 Å². The molecule has 0 fully saturated rings. The smallest absolute Gasteiger partial charge is 0.410 e. The van der Waals surface area contributed by atoms with Crippen molar-refractivity contribution in [3.63, 3.8) is 0 Å². The third kappa shape index (κ3) is 3.98. The second kappa shape index (κ2) is 7.53. The van der Waals surface area contributed by atoms with E-state index in [-0.39, 0.29) is 6.09 Å². The van der Waals surface area contributed by atoms with E-state index in [0.717, 1.165) is 25.0 Å². The van der Waals surface area contributed by atoms with Crippen LogP contribution in [0.5, 0.6) is 5.75 Å². The molecule has 0 N–H and O–H groups in total. The molecular weight excluding hydrogens is 250 g/mol. The van der Waals surface area contributed by atoms with E-state index in [1.54, 1.807) is 23.1 Å². The van der Waals surface area contributed by atoms with Crippen molar-refractivity contribution in [1.82, 2.24) is 4.90 Å². The summed E-state index contributed by atoms with van der Waals surface area (Å²) in [6.45, 7) is 4.49. The molecule has 0 radical (unpaired) electrons. The lowest BCUT2D eigenvalue weighted by Crippen LogP contribution is -2.33. The molecule has 1 heterocycles. The number of hydrogen-bond acceptors (Lipinski definition) is 2. The van der Waals surface area contributed by atoms with Crippen LogP contribution in [0.3, 0.4) is 0 Å². The average molecular weight is 271 g/mol. The van der Waals surface area contributed by atoms with E-state index in [1.165, 1.54) is 12.8 Å². The SMILES string of the molecule is C=C/C1=C/CCCCCCN1C(=O)Oc1ccccc1. The molecule has 0 spiro atoms. The molecule has 0 saturated heterocycles. The van der Waals surface area contributed by atoms with Gasteiger partial charge in [0.25, 0.3) is 0 Å². The van der Waals surface area contributed by atoms with Crippen LogP contribution in [0.15, 0.2) is 54.8 Å². The normalized spacial score (nSPS) is 19.0. The number of rotatable bonds is 2. The van der Waals surface area contributed by atoms with Crippen LogP contribution < -0.4 is 4.74 Å². The maximum Gasteiger partial charge on any atom is 0.419 e. The van der Waals surface area contributed by atoms with Crippen molar-refractivity contribution in [2.45, 2.75) is 32.1 Å². The van der Waals surface area contributed by atoms with Gasteiger partial charge in [-0.3, -0.25) is 4.90 Å². The lowest BCUT2D eigenvalue weighted by Gasteiger charge is -2.22. The van der Waals surface area contributed by atoms with Gasteiger partial charge in [-0.1, -0.05) is 43.7 Å². The monoisotopic (exact) mass is 271 g/mol. The summed E-state index contributed by atoms with van der Waals surface area (Å²) in [6.07, 6.45) is 8.98. The lowest BCUT2D eigenvalue weighted by atomic mass is 10.1. The fourth-order valence-corrected chi connectivity index (χ4v) is 2.29. The topological polar surface area (TPSA) is 29.5 Å². The maximum atomic E-state index is 12.3. The Morgan fingerprint density at radius 1 is 1.15 bits per heavy atom. The summed E-state index contributed by atoms with van der Waals surface area (Å²) in [5.74, 6) is 0.570. The zero-order valence-corrected chi connectivity index (χ0v) is 11.8. The molecule has 1 aromatic carbocycles. The number of allylic oxidation sites excluding steroid dienone is 2. The predicted octanol–water partition coefficient (Wildman–Crippen LogP) is 4.52. The summed E-state index contributed by atoms with van der Waals surface area (Å²) < 4.78 is 5.42. The molecule has 0 saturated carbocycles. The van der Waals surface area contributed by atoms with Gasteiger partial charge >= 0.3 is 6.09 Å². The molecule has 3 heteroatoms. The molecule has 3 nitrogen and oxygen atoms in total. The van der Waals surface area contributed by atoms with Crippen LogP contribution in [-0.2, 0) is 0 Å². The first-order chi connectivity index (χ1) is 9.81. The van der Waals surface area contributed by atoms with Crippen molar-refractivity contribution in [2.75, 3.05) is 6.54 Å². The number of hydrogen-bond donors (Lipinski definition) is 0. The second-order valence-corrected chi connectivity index (χ2v) is 4.87. The summed E-state index contributed by atoms with van der Waals surface area (Å²) in [5.41, 5.74) is 0.854. The van der Waals surface area contributed by atoms with Gasteiger partial charge in [0.1, 0.15) is 5.75 Å². The highest BCUT2D eigenvalue weighted by molar-refractivity contribution is 5.73. The molecule has 20 heavy (non-hydrogen) atoms. The molecular formula is C17H21NO2. The Hall–Kier alpha value is -2.03. The Balaban J connectivity index is 2.11. The summed E-state index contributed by atoms with van der Waals surface area (Å²) in [5, 5.41) is 0. The highest BCUT2D eigenvalue weighted by atomic mass is 16.6. The quantitative estimate of drug-likeness (QED) is 0.791. The number of nitrogens with zero attached hydrogens (tertiary/aromatic N) is 1. The average Bonchev–Trinajstić information content (AvgIpc) is 2.59. The molecule has 1 amide bonds. The number of benzene rings is 1. The number of carbonyl (C=O) groups excluding carboxylic acids is 1. The molecule has 0 aromatic heterocycles. The van der Waals surface area contributed by atoms with E-state index in [1.807, 2.05) is 18.2 Å². The molecule has 2 rings (SSSR count). The van der Waals surface area contributed by atoms with E-state index < -0.39 is 0 Å². The van der Waals surface area contributed by atoms with E-state index >= 15 is 0 Å². The van der Waals surface area contributed by atoms with Gasteiger partial charge in [-0.15, -0.1) is 0 Å². The summed E-state index contributed by atoms with van der Waals surface area (Å²) in [4.78, 5) is 14.0. The number of amides is 1. The van der Waals surface area contributed by atoms with Crippen molar-refractivity contribution in [1.29, 1.82) is 0 Å². The third-order valence-electron chi connectivity index (χ3n) is 3.38. The largest absolute Gasteiger partial charge is 0.419 e. The van der Waals surface area contributed by atoms with Crippen molar-refractivity contribution < 1.29 is 9.53 Å². The highest BCUT2D eigenvalue weighted by Gasteiger charge is 2.18. The van der Waals surface area contributed by atoms with E-state index in [4.69, 9.17) is 4.74 Å². The first-order valence-corrected chi connectivity index (χ1v) is 7.18. The second-order valence-electron chi connectivity index (χ2n) is 4.87. The van der Waals surface area contributed by atoms with E-state index in [2.05, 4.69) is 12.7 Å². The Bertz CT molecular complexity index is 479. The van der Waals surface area contributed by atoms with Crippen LogP contribution >= 0.6 is 0 Å². The first kappa shape index (κ1) is 14.4. The molecule has 0 aliphatic carbocycles. The van der Waals surface area contributed by atoms with Crippen LogP contribution in [0.4, 0.5) is 4.79 Å². The molecule has 0 unspecified atom stereocenters. The van der Waals surface area contributed by atoms with Gasteiger partial charge in [-0.05, 0) is 37.5 Å². The van der Waals surface area contributed by atoms with Crippen LogP contribution in [0.1, 0.15) is 32.1 Å². The molecule has 0 atom stereocenters. The molecule has 1 aromatic rings. The summed E-state index contributed by atoms with van der Waals surface area (Å²) in [6, 6.07) is 9.17. The van der Waals surface area contributed by atoms with Crippen molar-refractivity contribution in [2.24, 2.45) is 0 Å². The van der Waals surface area contributed by atoms with E-state index in [0.29, 0.717) is 12.3 Å². The van der Waals surface area contributed by atoms with Gasteiger partial charge in [0.05, 0.1) is 0 Å². The van der Waals surface area contributed by atoms with Crippen molar-refractivity contribution in [3.05, 3.63) is 54.8 Å². The standard InChI is InChI=1S/C17H21NO2/c1-2-15-11-7-4-3-5-10-14-18(15)17(19)20-16-12-8-6-9-13-16/h2,6,8-9,11-13H,1,3-5,7,10,14H2/b15-11-. The lowest BCUT2D eigenvalue weighted by molar-refractivity contribution is 0.166. The van der Waals surface area contributed by atoms with Gasteiger partial charge in [0.2, 0.25) is 0 Å². The zero-order valence-electron chi connectivity index (χ0n) is 11.8. The van der Waals surface area contributed by atoms with Gasteiger partial charge in [-0.2, -0.15) is 0 Å². The van der Waals surface area contributed by atoms with Crippen molar-refractivity contribution >= 4 is 6.09 Å². The molecule has 0 bridgehead atoms. The fourth-order valence-electron chi connectivity index (χ4n) is 2.29. The molecule has 106 valence electrons. The van der Waals surface area contributed by atoms with Gasteiger partial charge < -0.3 is 4.74 Å². The number of carbonyl (C=O) groups is 1. The maximum absolute atomic E-state index is 12.3. The minimum absolute atomic E-state index is 0.329. The third-order valence-corrected chi connectivity index (χ3v) is 3.38. The minimum Gasteiger partial charge on any atom is -0.410 e. The van der Waals surface area contributed by atoms with Crippen molar-refractivity contribution in [3.8, 4) is 5.75 Å². The van der Waals surface area contributed by atoms with Crippen LogP contribution in [-0.4, -0.2) is 17.5 Å². The summed E-state index contributed by atoms with van der Waals surface area (Å²) >= 11 is 0. The fraction of sp³-hybridized carbons (Fsp3) is 0.353. The Kier molecular flexibility index (Phi) is 5.42. The van der Waals surface area contributed by atoms with Gasteiger partial charge in [0, 0.05) is 12.2 Å². The van der Waals surface area contributed by atoms with Crippen LogP contribution in [0.25, 0.3) is 0 Å². The Morgan fingerprint density at radius 3 is 2.65 bits per heavy atom. The van der Waals surface area contributed by atoms with Crippen LogP contribution in [0, 0.1) is 0 Å². The highest BCUT2D eigenvalue weighted by Crippen LogP contribution is 2.18. The Labute approximate surface area is 120 Å². The number of para-hydroxylation sites is 1. The first-order valence-electron chi connectivity index (χ1n) is 7.18.